The first kappa shape index (κ1) is 12.1. The van der Waals surface area contributed by atoms with E-state index in [0.29, 0.717) is 11.3 Å². The van der Waals surface area contributed by atoms with E-state index in [9.17, 15) is 8.42 Å². The molecule has 1 aromatic heterocycles. The fourth-order valence-corrected chi connectivity index (χ4v) is 3.43. The molecule has 0 radical (unpaired) electrons. The van der Waals surface area contributed by atoms with Gasteiger partial charge in [0.25, 0.3) is 10.0 Å². The van der Waals surface area contributed by atoms with Crippen LogP contribution in [0.5, 0.6) is 0 Å². The van der Waals surface area contributed by atoms with Crippen LogP contribution in [-0.4, -0.2) is 8.42 Å². The lowest BCUT2D eigenvalue weighted by molar-refractivity contribution is 0.600. The Balaban J connectivity index is 2.38. The molecule has 3 N–H and O–H groups in total. The zero-order valence-electron chi connectivity index (χ0n) is 8.96. The summed E-state index contributed by atoms with van der Waals surface area (Å²) in [6.07, 6.45) is 0. The van der Waals surface area contributed by atoms with Crippen LogP contribution in [0.2, 0.25) is 0 Å². The maximum absolute atomic E-state index is 12.1. The lowest BCUT2D eigenvalue weighted by Crippen LogP contribution is -2.15. The van der Waals surface area contributed by atoms with Crippen molar-refractivity contribution in [3.63, 3.8) is 0 Å². The van der Waals surface area contributed by atoms with Crippen LogP contribution < -0.4 is 10.5 Å². The zero-order valence-corrected chi connectivity index (χ0v) is 10.6. The van der Waals surface area contributed by atoms with E-state index in [-0.39, 0.29) is 11.4 Å². The van der Waals surface area contributed by atoms with Gasteiger partial charge in [0.05, 0.1) is 10.6 Å². The van der Waals surface area contributed by atoms with Crippen LogP contribution in [0.4, 0.5) is 5.69 Å². The summed E-state index contributed by atoms with van der Waals surface area (Å²) in [4.78, 5) is 0.230. The number of nitrogens with two attached hydrogens (primary N) is 1. The van der Waals surface area contributed by atoms with E-state index in [0.717, 1.165) is 0 Å². The Kier molecular flexibility index (Phi) is 3.46. The van der Waals surface area contributed by atoms with Crippen molar-refractivity contribution in [3.8, 4) is 0 Å². The number of nitrogens with one attached hydrogen (secondary N) is 1. The second kappa shape index (κ2) is 4.87. The molecule has 0 amide bonds. The van der Waals surface area contributed by atoms with Crippen molar-refractivity contribution in [2.75, 3.05) is 4.72 Å². The number of thiophene rings is 1. The molecule has 0 spiro atoms. The fraction of sp³-hybridized carbons (Fsp3) is 0.0909. The van der Waals surface area contributed by atoms with E-state index in [2.05, 4.69) is 4.72 Å². The van der Waals surface area contributed by atoms with Crippen LogP contribution in [0, 0.1) is 0 Å². The first-order valence-corrected chi connectivity index (χ1v) is 7.39. The van der Waals surface area contributed by atoms with Gasteiger partial charge in [-0.05, 0) is 23.1 Å². The molecule has 90 valence electrons. The predicted molar refractivity (Wildman–Crippen MR) is 69.5 cm³/mol. The third-order valence-corrected chi connectivity index (χ3v) is 4.42. The van der Waals surface area contributed by atoms with Crippen LogP contribution in [0.15, 0.2) is 46.0 Å². The molecule has 4 nitrogen and oxygen atoms in total. The highest BCUT2D eigenvalue weighted by Gasteiger charge is 2.17. The van der Waals surface area contributed by atoms with Gasteiger partial charge in [0.2, 0.25) is 0 Å². The van der Waals surface area contributed by atoms with Crippen molar-refractivity contribution in [1.29, 1.82) is 0 Å². The molecule has 0 aliphatic heterocycles. The minimum absolute atomic E-state index is 0.195. The van der Waals surface area contributed by atoms with Gasteiger partial charge in [0.15, 0.2) is 0 Å². The van der Waals surface area contributed by atoms with E-state index >= 15 is 0 Å². The lowest BCUT2D eigenvalue weighted by Gasteiger charge is -2.09. The Bertz CT molecular complexity index is 592. The second-order valence-corrected chi connectivity index (χ2v) is 5.86. The smallest absolute Gasteiger partial charge is 0.262 e. The quantitative estimate of drug-likeness (QED) is 0.891. The molecule has 1 heterocycles. The number of anilines is 1. The molecule has 0 saturated heterocycles. The molecule has 17 heavy (non-hydrogen) atoms. The highest BCUT2D eigenvalue weighted by Crippen LogP contribution is 2.20. The predicted octanol–water partition coefficient (Wildman–Crippen LogP) is 2.01. The summed E-state index contributed by atoms with van der Waals surface area (Å²) in [5.74, 6) is 0. The lowest BCUT2D eigenvalue weighted by atomic mass is 10.2. The molecule has 0 aliphatic rings. The molecular formula is C11H12N2O2S2. The highest BCUT2D eigenvalue weighted by atomic mass is 32.2. The minimum atomic E-state index is -3.55. The summed E-state index contributed by atoms with van der Waals surface area (Å²) < 4.78 is 26.8. The van der Waals surface area contributed by atoms with Gasteiger partial charge in [-0.1, -0.05) is 18.2 Å². The summed E-state index contributed by atoms with van der Waals surface area (Å²) in [6, 6.07) is 8.43. The maximum atomic E-state index is 12.1. The Morgan fingerprint density at radius 1 is 1.24 bits per heavy atom. The molecule has 0 bridgehead atoms. The zero-order chi connectivity index (χ0) is 12.3. The third-order valence-electron chi connectivity index (χ3n) is 2.26. The van der Waals surface area contributed by atoms with Crippen molar-refractivity contribution < 1.29 is 8.42 Å². The Morgan fingerprint density at radius 3 is 2.65 bits per heavy atom. The van der Waals surface area contributed by atoms with Gasteiger partial charge in [-0.25, -0.2) is 8.42 Å². The number of hydrogen-bond acceptors (Lipinski definition) is 4. The molecule has 1 aromatic carbocycles. The molecule has 0 aliphatic carbocycles. The van der Waals surface area contributed by atoms with Crippen LogP contribution in [-0.2, 0) is 16.6 Å². The monoisotopic (exact) mass is 268 g/mol. The van der Waals surface area contributed by atoms with Crippen molar-refractivity contribution in [2.45, 2.75) is 11.4 Å². The van der Waals surface area contributed by atoms with Crippen molar-refractivity contribution >= 4 is 27.0 Å². The average molecular weight is 268 g/mol. The first-order valence-electron chi connectivity index (χ1n) is 4.96. The van der Waals surface area contributed by atoms with Crippen LogP contribution in [0.25, 0.3) is 0 Å². The fourth-order valence-electron chi connectivity index (χ4n) is 1.47. The van der Waals surface area contributed by atoms with Crippen LogP contribution >= 0.6 is 11.3 Å². The second-order valence-electron chi connectivity index (χ2n) is 3.43. The van der Waals surface area contributed by atoms with Gasteiger partial charge < -0.3 is 5.73 Å². The van der Waals surface area contributed by atoms with E-state index in [1.165, 1.54) is 11.3 Å². The number of benzene rings is 1. The van der Waals surface area contributed by atoms with Gasteiger partial charge in [0, 0.05) is 11.9 Å². The van der Waals surface area contributed by atoms with Gasteiger partial charge in [0.1, 0.15) is 0 Å². The van der Waals surface area contributed by atoms with Crippen molar-refractivity contribution in [1.82, 2.24) is 0 Å². The SMILES string of the molecule is NCc1ccccc1S(=O)(=O)Nc1ccsc1. The van der Waals surface area contributed by atoms with Crippen LogP contribution in [0.1, 0.15) is 5.56 Å². The highest BCUT2D eigenvalue weighted by molar-refractivity contribution is 7.92. The van der Waals surface area contributed by atoms with E-state index in [1.807, 2.05) is 5.38 Å². The largest absolute Gasteiger partial charge is 0.326 e. The summed E-state index contributed by atoms with van der Waals surface area (Å²) in [5.41, 5.74) is 6.71. The maximum Gasteiger partial charge on any atom is 0.262 e. The molecule has 0 unspecified atom stereocenters. The molecule has 2 aromatic rings. The molecule has 0 fully saturated rings. The normalized spacial score (nSPS) is 11.4. The van der Waals surface area contributed by atoms with Gasteiger partial charge in [-0.3, -0.25) is 4.72 Å². The molecule has 6 heteroatoms. The first-order chi connectivity index (χ1) is 8.13. The van der Waals surface area contributed by atoms with Crippen LogP contribution in [0.3, 0.4) is 0 Å². The Morgan fingerprint density at radius 2 is 2.00 bits per heavy atom. The van der Waals surface area contributed by atoms with Crippen molar-refractivity contribution in [2.24, 2.45) is 5.73 Å². The van der Waals surface area contributed by atoms with E-state index in [1.54, 1.807) is 35.7 Å². The van der Waals surface area contributed by atoms with Crippen molar-refractivity contribution in [3.05, 3.63) is 46.7 Å². The Labute approximate surface area is 104 Å². The third kappa shape index (κ3) is 2.66. The summed E-state index contributed by atoms with van der Waals surface area (Å²) in [7, 11) is -3.55. The molecule has 0 saturated carbocycles. The van der Waals surface area contributed by atoms with E-state index < -0.39 is 10.0 Å². The molecule has 0 atom stereocenters. The summed E-state index contributed by atoms with van der Waals surface area (Å²) >= 11 is 1.43. The summed E-state index contributed by atoms with van der Waals surface area (Å²) in [5, 5.41) is 3.55. The average Bonchev–Trinajstić information content (AvgIpc) is 2.81. The Hall–Kier alpha value is -1.37. The van der Waals surface area contributed by atoms with E-state index in [4.69, 9.17) is 5.73 Å². The molecule has 2 rings (SSSR count). The minimum Gasteiger partial charge on any atom is -0.326 e. The number of hydrogen-bond donors (Lipinski definition) is 2. The molecular weight excluding hydrogens is 256 g/mol. The standard InChI is InChI=1S/C11H12N2O2S2/c12-7-9-3-1-2-4-11(9)17(14,15)13-10-5-6-16-8-10/h1-6,8,13H,7,12H2. The summed E-state index contributed by atoms with van der Waals surface area (Å²) in [6.45, 7) is 0.195. The topological polar surface area (TPSA) is 72.2 Å². The number of rotatable bonds is 4. The van der Waals surface area contributed by atoms with Gasteiger partial charge in [-0.2, -0.15) is 11.3 Å². The van der Waals surface area contributed by atoms with Gasteiger partial charge in [-0.15, -0.1) is 0 Å². The van der Waals surface area contributed by atoms with Gasteiger partial charge >= 0.3 is 0 Å². The number of sulfonamides is 1.